The van der Waals surface area contributed by atoms with Gasteiger partial charge in [-0.15, -0.1) is 0 Å². The van der Waals surface area contributed by atoms with Crippen LogP contribution in [0.2, 0.25) is 0 Å². The predicted octanol–water partition coefficient (Wildman–Crippen LogP) is 0.394. The largest absolute Gasteiger partial charge is 0.468 e. The van der Waals surface area contributed by atoms with Gasteiger partial charge in [-0.05, 0) is 13.8 Å². The average Bonchev–Trinajstić information content (AvgIpc) is 2.21. The minimum absolute atomic E-state index is 0.00672. The Morgan fingerprint density at radius 3 is 2.19 bits per heavy atom. The van der Waals surface area contributed by atoms with Crippen molar-refractivity contribution in [1.82, 2.24) is 10.2 Å². The van der Waals surface area contributed by atoms with Crippen LogP contribution in [0.4, 0.5) is 0 Å². The quantitative estimate of drug-likeness (QED) is 0.671. The Hall–Kier alpha value is -1.10. The minimum atomic E-state index is -0.397. The molecule has 0 spiro atoms. The summed E-state index contributed by atoms with van der Waals surface area (Å²) in [5.41, 5.74) is 0. The molecule has 5 nitrogen and oxygen atoms in total. The maximum atomic E-state index is 11.8. The van der Waals surface area contributed by atoms with Gasteiger partial charge in [-0.3, -0.25) is 9.59 Å². The van der Waals surface area contributed by atoms with E-state index in [1.807, 2.05) is 27.7 Å². The molecule has 0 bridgehead atoms. The van der Waals surface area contributed by atoms with Gasteiger partial charge >= 0.3 is 5.97 Å². The van der Waals surface area contributed by atoms with Crippen molar-refractivity contribution >= 4 is 11.9 Å². The van der Waals surface area contributed by atoms with Gasteiger partial charge in [0.2, 0.25) is 5.91 Å². The van der Waals surface area contributed by atoms with Crippen molar-refractivity contribution in [2.24, 2.45) is 0 Å². The lowest BCUT2D eigenvalue weighted by atomic mass is 10.3. The molecule has 0 aliphatic carbocycles. The number of nitrogens with one attached hydrogen (secondary N) is 1. The first-order valence-corrected chi connectivity index (χ1v) is 5.48. The van der Waals surface area contributed by atoms with Gasteiger partial charge in [0, 0.05) is 12.1 Å². The van der Waals surface area contributed by atoms with E-state index < -0.39 is 5.97 Å². The van der Waals surface area contributed by atoms with Gasteiger partial charge < -0.3 is 15.0 Å². The first-order chi connectivity index (χ1) is 7.38. The highest BCUT2D eigenvalue weighted by molar-refractivity contribution is 5.83. The summed E-state index contributed by atoms with van der Waals surface area (Å²) >= 11 is 0. The van der Waals surface area contributed by atoms with Crippen molar-refractivity contribution in [3.8, 4) is 0 Å². The molecule has 94 valence electrons. The van der Waals surface area contributed by atoms with Crippen molar-refractivity contribution in [3.63, 3.8) is 0 Å². The van der Waals surface area contributed by atoms with Gasteiger partial charge in [0.15, 0.2) is 0 Å². The molecular weight excluding hydrogens is 208 g/mol. The molecule has 0 aromatic carbocycles. The Morgan fingerprint density at radius 2 is 1.81 bits per heavy atom. The van der Waals surface area contributed by atoms with Crippen LogP contribution in [0.15, 0.2) is 0 Å². The highest BCUT2D eigenvalue weighted by atomic mass is 16.5. The number of methoxy groups -OCH3 is 1. The fourth-order valence-electron chi connectivity index (χ4n) is 1.16. The number of amides is 1. The molecule has 0 aliphatic heterocycles. The molecule has 0 rings (SSSR count). The summed E-state index contributed by atoms with van der Waals surface area (Å²) in [5.74, 6) is -0.485. The molecule has 0 fully saturated rings. The van der Waals surface area contributed by atoms with Crippen molar-refractivity contribution < 1.29 is 14.3 Å². The van der Waals surface area contributed by atoms with Crippen LogP contribution in [-0.4, -0.2) is 49.1 Å². The van der Waals surface area contributed by atoms with Crippen LogP contribution < -0.4 is 5.32 Å². The maximum Gasteiger partial charge on any atom is 0.325 e. The van der Waals surface area contributed by atoms with Crippen LogP contribution in [0, 0.1) is 0 Å². The van der Waals surface area contributed by atoms with E-state index in [2.05, 4.69) is 10.1 Å². The number of esters is 1. The zero-order chi connectivity index (χ0) is 12.7. The second kappa shape index (κ2) is 7.22. The van der Waals surface area contributed by atoms with Gasteiger partial charge in [0.1, 0.15) is 6.54 Å². The normalized spacial score (nSPS) is 10.7. The molecule has 1 amide bonds. The van der Waals surface area contributed by atoms with E-state index in [9.17, 15) is 9.59 Å². The molecule has 0 radical (unpaired) electrons. The lowest BCUT2D eigenvalue weighted by molar-refractivity contribution is -0.147. The Balaban J connectivity index is 4.30. The second-order valence-corrected chi connectivity index (χ2v) is 4.23. The standard InChI is InChI=1S/C11H22N2O3/c1-8(2)12-6-10(14)13(9(3)4)7-11(15)16-5/h8-9,12H,6-7H2,1-5H3. The fourth-order valence-corrected chi connectivity index (χ4v) is 1.16. The number of carbonyl (C=O) groups excluding carboxylic acids is 2. The van der Waals surface area contributed by atoms with E-state index in [4.69, 9.17) is 0 Å². The summed E-state index contributed by atoms with van der Waals surface area (Å²) in [6, 6.07) is 0.233. The van der Waals surface area contributed by atoms with E-state index in [1.165, 1.54) is 12.0 Å². The first-order valence-electron chi connectivity index (χ1n) is 5.48. The van der Waals surface area contributed by atoms with Crippen molar-refractivity contribution in [1.29, 1.82) is 0 Å². The molecule has 16 heavy (non-hydrogen) atoms. The molecule has 0 saturated carbocycles. The summed E-state index contributed by atoms with van der Waals surface area (Å²) < 4.78 is 4.55. The smallest absolute Gasteiger partial charge is 0.325 e. The van der Waals surface area contributed by atoms with Crippen LogP contribution in [-0.2, 0) is 14.3 Å². The third kappa shape index (κ3) is 5.70. The van der Waals surface area contributed by atoms with Gasteiger partial charge in [-0.2, -0.15) is 0 Å². The highest BCUT2D eigenvalue weighted by Crippen LogP contribution is 1.99. The second-order valence-electron chi connectivity index (χ2n) is 4.23. The van der Waals surface area contributed by atoms with E-state index >= 15 is 0 Å². The Bertz CT molecular complexity index is 239. The van der Waals surface area contributed by atoms with E-state index in [-0.39, 0.29) is 31.1 Å². The number of ether oxygens (including phenoxy) is 1. The highest BCUT2D eigenvalue weighted by Gasteiger charge is 2.20. The molecule has 0 aromatic rings. The SMILES string of the molecule is COC(=O)CN(C(=O)CNC(C)C)C(C)C. The van der Waals surface area contributed by atoms with Crippen LogP contribution in [0.1, 0.15) is 27.7 Å². The minimum Gasteiger partial charge on any atom is -0.468 e. The molecule has 0 saturated heterocycles. The van der Waals surface area contributed by atoms with E-state index in [0.717, 1.165) is 0 Å². The zero-order valence-corrected chi connectivity index (χ0v) is 10.7. The van der Waals surface area contributed by atoms with Gasteiger partial charge in [0.25, 0.3) is 0 Å². The summed E-state index contributed by atoms with van der Waals surface area (Å²) in [7, 11) is 1.32. The number of rotatable bonds is 6. The maximum absolute atomic E-state index is 11.8. The number of nitrogens with zero attached hydrogens (tertiary/aromatic N) is 1. The van der Waals surface area contributed by atoms with Crippen molar-refractivity contribution in [2.75, 3.05) is 20.2 Å². The van der Waals surface area contributed by atoms with Crippen LogP contribution in [0.25, 0.3) is 0 Å². The van der Waals surface area contributed by atoms with Gasteiger partial charge in [0.05, 0.1) is 13.7 Å². The first kappa shape index (κ1) is 14.9. The number of hydrogen-bond donors (Lipinski definition) is 1. The predicted molar refractivity (Wildman–Crippen MR) is 62.0 cm³/mol. The Labute approximate surface area is 97.1 Å². The van der Waals surface area contributed by atoms with Gasteiger partial charge in [-0.25, -0.2) is 0 Å². The molecule has 0 aliphatic rings. The Kier molecular flexibility index (Phi) is 6.72. The number of hydrogen-bond acceptors (Lipinski definition) is 4. The molecule has 0 atom stereocenters. The molecule has 5 heteroatoms. The topological polar surface area (TPSA) is 58.6 Å². The lowest BCUT2D eigenvalue weighted by Crippen LogP contribution is -2.46. The van der Waals surface area contributed by atoms with Crippen LogP contribution in [0.3, 0.4) is 0 Å². The van der Waals surface area contributed by atoms with E-state index in [1.54, 1.807) is 0 Å². The molecule has 0 aromatic heterocycles. The molecule has 1 N–H and O–H groups in total. The summed E-state index contributed by atoms with van der Waals surface area (Å²) in [4.78, 5) is 24.4. The lowest BCUT2D eigenvalue weighted by Gasteiger charge is -2.26. The van der Waals surface area contributed by atoms with Gasteiger partial charge in [-0.1, -0.05) is 13.8 Å². The average molecular weight is 230 g/mol. The Morgan fingerprint density at radius 1 is 1.25 bits per heavy atom. The summed E-state index contributed by atoms with van der Waals surface area (Å²) in [6.45, 7) is 7.92. The molecule has 0 heterocycles. The van der Waals surface area contributed by atoms with Crippen LogP contribution >= 0.6 is 0 Å². The molecular formula is C11H22N2O3. The summed E-state index contributed by atoms with van der Waals surface area (Å²) in [6.07, 6.45) is 0. The third-order valence-electron chi connectivity index (χ3n) is 2.13. The fraction of sp³-hybridized carbons (Fsp3) is 0.818. The number of carbonyl (C=O) groups is 2. The van der Waals surface area contributed by atoms with E-state index in [0.29, 0.717) is 0 Å². The molecule has 0 unspecified atom stereocenters. The summed E-state index contributed by atoms with van der Waals surface area (Å²) in [5, 5.41) is 3.03. The van der Waals surface area contributed by atoms with Crippen molar-refractivity contribution in [3.05, 3.63) is 0 Å². The van der Waals surface area contributed by atoms with Crippen molar-refractivity contribution in [2.45, 2.75) is 39.8 Å². The van der Waals surface area contributed by atoms with Crippen LogP contribution in [0.5, 0.6) is 0 Å². The third-order valence-corrected chi connectivity index (χ3v) is 2.13. The zero-order valence-electron chi connectivity index (χ0n) is 10.7. The monoisotopic (exact) mass is 230 g/mol.